The lowest BCUT2D eigenvalue weighted by Gasteiger charge is -2.27. The Bertz CT molecular complexity index is 965. The third kappa shape index (κ3) is 4.43. The highest BCUT2D eigenvalue weighted by atomic mass is 35.5. The van der Waals surface area contributed by atoms with Crippen LogP contribution in [0.3, 0.4) is 0 Å². The van der Waals surface area contributed by atoms with Gasteiger partial charge in [-0.3, -0.25) is 9.78 Å². The monoisotopic (exact) mass is 432 g/mol. The molecule has 1 N–H and O–H groups in total. The van der Waals surface area contributed by atoms with Gasteiger partial charge in [0.25, 0.3) is 5.91 Å². The van der Waals surface area contributed by atoms with E-state index in [-0.39, 0.29) is 18.3 Å². The first-order valence-electron chi connectivity index (χ1n) is 9.54. The summed E-state index contributed by atoms with van der Waals surface area (Å²) in [7, 11) is -2.08. The quantitative estimate of drug-likeness (QED) is 0.457. The number of hydrogen-bond donors (Lipinski definition) is 1. The van der Waals surface area contributed by atoms with Crippen molar-refractivity contribution in [1.29, 1.82) is 0 Å². The van der Waals surface area contributed by atoms with Crippen LogP contribution >= 0.6 is 7.26 Å². The molecule has 0 aliphatic carbocycles. The minimum atomic E-state index is -2.08. The second-order valence-electron chi connectivity index (χ2n) is 6.72. The van der Waals surface area contributed by atoms with Crippen LogP contribution in [-0.4, -0.2) is 17.2 Å². The van der Waals surface area contributed by atoms with Gasteiger partial charge in [-0.25, -0.2) is 0 Å². The molecule has 0 unspecified atom stereocenters. The molecule has 1 heterocycles. The lowest BCUT2D eigenvalue weighted by atomic mass is 10.3. The van der Waals surface area contributed by atoms with Crippen LogP contribution in [0.1, 0.15) is 10.4 Å². The Hall–Kier alpha value is -3.00. The van der Waals surface area contributed by atoms with Gasteiger partial charge in [-0.05, 0) is 48.5 Å². The first-order chi connectivity index (χ1) is 14.3. The van der Waals surface area contributed by atoms with Crippen molar-refractivity contribution >= 4 is 29.1 Å². The fourth-order valence-electron chi connectivity index (χ4n) is 3.56. The van der Waals surface area contributed by atoms with Crippen LogP contribution < -0.4 is 33.6 Å². The molecule has 0 bridgehead atoms. The van der Waals surface area contributed by atoms with Gasteiger partial charge in [0, 0.05) is 12.4 Å². The molecule has 0 radical (unpaired) electrons. The number of carbonyl (C=O) groups excluding carboxylic acids is 1. The van der Waals surface area contributed by atoms with Crippen molar-refractivity contribution in [1.82, 2.24) is 10.3 Å². The van der Waals surface area contributed by atoms with Crippen LogP contribution in [0.25, 0.3) is 0 Å². The highest BCUT2D eigenvalue weighted by Crippen LogP contribution is 2.54. The van der Waals surface area contributed by atoms with E-state index in [1.807, 2.05) is 18.2 Å². The summed E-state index contributed by atoms with van der Waals surface area (Å²) in [4.78, 5) is 16.9. The van der Waals surface area contributed by atoms with Crippen molar-refractivity contribution in [3.8, 4) is 0 Å². The smallest absolute Gasteiger partial charge is 0.255 e. The van der Waals surface area contributed by atoms with Gasteiger partial charge in [0.05, 0.1) is 5.56 Å². The van der Waals surface area contributed by atoms with E-state index in [4.69, 9.17) is 0 Å². The highest BCUT2D eigenvalue weighted by molar-refractivity contribution is 7.95. The number of hydrogen-bond acceptors (Lipinski definition) is 2. The summed E-state index contributed by atoms with van der Waals surface area (Å²) in [6.45, 7) is 0. The summed E-state index contributed by atoms with van der Waals surface area (Å²) >= 11 is 0. The standard InChI is InChI=1S/C25H21N2OP.ClH/c28-25(21-11-10-18-26-19-21)27-20-29(22-12-4-1-5-13-22,23-14-6-2-7-15-23)24-16-8-3-9-17-24;/h1-19H,20H2;1H. The molecular formula is C25H22ClN2OP. The van der Waals surface area contributed by atoms with E-state index in [0.717, 1.165) is 0 Å². The van der Waals surface area contributed by atoms with E-state index in [2.05, 4.69) is 83.1 Å². The average Bonchev–Trinajstić information content (AvgIpc) is 2.82. The number of rotatable bonds is 6. The molecule has 1 amide bonds. The summed E-state index contributed by atoms with van der Waals surface area (Å²) in [5.41, 5.74) is 0.569. The predicted molar refractivity (Wildman–Crippen MR) is 122 cm³/mol. The zero-order chi connectivity index (χ0) is 19.9. The Morgan fingerprint density at radius 1 is 0.700 bits per heavy atom. The maximum absolute atomic E-state index is 12.9. The van der Waals surface area contributed by atoms with E-state index in [0.29, 0.717) is 11.8 Å². The fourth-order valence-corrected chi connectivity index (χ4v) is 7.42. The van der Waals surface area contributed by atoms with Crippen molar-refractivity contribution < 1.29 is 17.2 Å². The predicted octanol–water partition coefficient (Wildman–Crippen LogP) is 0.767. The van der Waals surface area contributed by atoms with Crippen LogP contribution in [-0.2, 0) is 0 Å². The van der Waals surface area contributed by atoms with Gasteiger partial charge in [-0.15, -0.1) is 0 Å². The minimum absolute atomic E-state index is 0. The Kier molecular flexibility index (Phi) is 7.35. The van der Waals surface area contributed by atoms with Crippen molar-refractivity contribution in [2.75, 3.05) is 6.29 Å². The molecule has 0 fully saturated rings. The molecule has 3 aromatic carbocycles. The number of carbonyl (C=O) groups is 1. The zero-order valence-corrected chi connectivity index (χ0v) is 18.0. The number of pyridine rings is 1. The summed E-state index contributed by atoms with van der Waals surface area (Å²) in [5.74, 6) is -0.106. The van der Waals surface area contributed by atoms with Gasteiger partial charge < -0.3 is 17.7 Å². The molecule has 0 aliphatic rings. The SMILES string of the molecule is O=C(NC[P+](c1ccccc1)(c1ccccc1)c1ccccc1)c1cccnc1.[Cl-]. The molecule has 4 aromatic rings. The van der Waals surface area contributed by atoms with Gasteiger partial charge in [0.15, 0.2) is 0 Å². The molecule has 0 atom stereocenters. The largest absolute Gasteiger partial charge is 1.00 e. The molecule has 5 heteroatoms. The molecule has 0 saturated heterocycles. The Balaban J connectivity index is 0.00000256. The maximum Gasteiger partial charge on any atom is 0.255 e. The van der Waals surface area contributed by atoms with Crippen molar-refractivity contribution in [2.45, 2.75) is 0 Å². The lowest BCUT2D eigenvalue weighted by molar-refractivity contribution is -0.0000139. The molecular weight excluding hydrogens is 411 g/mol. The van der Waals surface area contributed by atoms with E-state index < -0.39 is 7.26 Å². The molecule has 30 heavy (non-hydrogen) atoms. The first-order valence-corrected chi connectivity index (χ1v) is 11.5. The molecule has 0 saturated carbocycles. The Morgan fingerprint density at radius 2 is 1.17 bits per heavy atom. The van der Waals surface area contributed by atoms with Crippen LogP contribution in [0.2, 0.25) is 0 Å². The van der Waals surface area contributed by atoms with Crippen molar-refractivity contribution in [3.05, 3.63) is 121 Å². The van der Waals surface area contributed by atoms with Crippen molar-refractivity contribution in [2.24, 2.45) is 0 Å². The second kappa shape index (κ2) is 10.2. The highest BCUT2D eigenvalue weighted by Gasteiger charge is 2.45. The summed E-state index contributed by atoms with van der Waals surface area (Å²) in [5, 5.41) is 6.92. The minimum Gasteiger partial charge on any atom is -1.00 e. The van der Waals surface area contributed by atoms with Gasteiger partial charge in [-0.2, -0.15) is 0 Å². The maximum atomic E-state index is 12.9. The van der Waals surface area contributed by atoms with Crippen molar-refractivity contribution in [3.63, 3.8) is 0 Å². The third-order valence-corrected chi connectivity index (χ3v) is 9.16. The topological polar surface area (TPSA) is 42.0 Å². The van der Waals surface area contributed by atoms with Crippen LogP contribution in [0.15, 0.2) is 116 Å². The van der Waals surface area contributed by atoms with E-state index in [1.165, 1.54) is 15.9 Å². The summed E-state index contributed by atoms with van der Waals surface area (Å²) < 4.78 is 0. The second-order valence-corrected chi connectivity index (χ2v) is 10.2. The average molecular weight is 433 g/mol. The van der Waals surface area contributed by atoms with E-state index in [9.17, 15) is 4.79 Å². The molecule has 1 aromatic heterocycles. The number of aromatic nitrogens is 1. The fraction of sp³-hybridized carbons (Fsp3) is 0.0400. The van der Waals surface area contributed by atoms with Crippen LogP contribution in [0.4, 0.5) is 0 Å². The van der Waals surface area contributed by atoms with Gasteiger partial charge >= 0.3 is 0 Å². The number of nitrogens with zero attached hydrogens (tertiary/aromatic N) is 1. The lowest BCUT2D eigenvalue weighted by Crippen LogP contribution is -3.00. The third-order valence-electron chi connectivity index (χ3n) is 4.99. The van der Waals surface area contributed by atoms with Gasteiger partial charge in [0.2, 0.25) is 0 Å². The molecule has 3 nitrogen and oxygen atoms in total. The molecule has 0 spiro atoms. The van der Waals surface area contributed by atoms with Crippen LogP contribution in [0.5, 0.6) is 0 Å². The molecule has 150 valence electrons. The number of nitrogens with one attached hydrogen (secondary N) is 1. The number of amides is 1. The summed E-state index contributed by atoms with van der Waals surface area (Å²) in [6.07, 6.45) is 3.81. The Labute approximate surface area is 184 Å². The first kappa shape index (κ1) is 21.7. The Morgan fingerprint density at radius 3 is 1.57 bits per heavy atom. The zero-order valence-electron chi connectivity index (χ0n) is 16.4. The van der Waals surface area contributed by atoms with Gasteiger partial charge in [-0.1, -0.05) is 54.6 Å². The summed E-state index contributed by atoms with van der Waals surface area (Å²) in [6, 6.07) is 35.1. The number of halogens is 1. The van der Waals surface area contributed by atoms with Gasteiger partial charge in [0.1, 0.15) is 29.5 Å². The normalized spacial score (nSPS) is 10.7. The van der Waals surface area contributed by atoms with E-state index in [1.54, 1.807) is 24.5 Å². The number of benzene rings is 3. The van der Waals surface area contributed by atoms with E-state index >= 15 is 0 Å². The van der Waals surface area contributed by atoms with Crippen LogP contribution in [0, 0.1) is 0 Å². The molecule has 4 rings (SSSR count). The molecule has 0 aliphatic heterocycles.